The second-order valence-electron chi connectivity index (χ2n) is 7.73. The van der Waals surface area contributed by atoms with Gasteiger partial charge < -0.3 is 19.9 Å². The Morgan fingerprint density at radius 3 is 2.36 bits per heavy atom. The van der Waals surface area contributed by atoms with E-state index in [0.29, 0.717) is 9.13 Å². The first-order valence-corrected chi connectivity index (χ1v) is 10.4. The molecular weight excluding hydrogens is 532 g/mol. The molecular formula is C18H18ClF6N5O6. The SMILES string of the molecule is CC(=O)O[C@H]([C@@H]1C[C@@H](OC(C)=O)[C@H](n2c(=O)n(CCC(F)(F)F)c3c(Cl)nc(N)nc32)O1)C(F)(F)F. The van der Waals surface area contributed by atoms with Gasteiger partial charge in [0.15, 0.2) is 17.0 Å². The summed E-state index contributed by atoms with van der Waals surface area (Å²) < 4.78 is 95.3. The minimum absolute atomic E-state index is 0.402. The van der Waals surface area contributed by atoms with Gasteiger partial charge in [-0.25, -0.2) is 9.36 Å². The van der Waals surface area contributed by atoms with Gasteiger partial charge in [-0.2, -0.15) is 36.3 Å². The van der Waals surface area contributed by atoms with E-state index in [-0.39, 0.29) is 0 Å². The van der Waals surface area contributed by atoms with Crippen LogP contribution in [-0.2, 0) is 30.3 Å². The van der Waals surface area contributed by atoms with Crippen molar-refractivity contribution in [3.63, 3.8) is 0 Å². The summed E-state index contributed by atoms with van der Waals surface area (Å²) in [6.07, 6.45) is -20.1. The lowest BCUT2D eigenvalue weighted by Crippen LogP contribution is -2.43. The van der Waals surface area contributed by atoms with Gasteiger partial charge in [0.2, 0.25) is 12.1 Å². The summed E-state index contributed by atoms with van der Waals surface area (Å²) >= 11 is 6.01. The molecule has 0 saturated carbocycles. The van der Waals surface area contributed by atoms with E-state index in [4.69, 9.17) is 26.8 Å². The molecule has 2 aromatic rings. The number of alkyl halides is 6. The molecule has 2 aromatic heterocycles. The zero-order valence-electron chi connectivity index (χ0n) is 18.4. The lowest BCUT2D eigenvalue weighted by molar-refractivity contribution is -0.248. The Hall–Kier alpha value is -3.08. The Morgan fingerprint density at radius 2 is 1.83 bits per heavy atom. The number of aromatic nitrogens is 4. The van der Waals surface area contributed by atoms with Crippen LogP contribution < -0.4 is 11.4 Å². The fraction of sp³-hybridized carbons (Fsp3) is 0.611. The van der Waals surface area contributed by atoms with Gasteiger partial charge in [-0.15, -0.1) is 0 Å². The first-order chi connectivity index (χ1) is 16.5. The molecule has 0 radical (unpaired) electrons. The Labute approximate surface area is 202 Å². The van der Waals surface area contributed by atoms with E-state index in [1.165, 1.54) is 0 Å². The number of hydrogen-bond acceptors (Lipinski definition) is 9. The summed E-state index contributed by atoms with van der Waals surface area (Å²) in [4.78, 5) is 43.5. The third-order valence-electron chi connectivity index (χ3n) is 5.02. The van der Waals surface area contributed by atoms with Gasteiger partial charge in [0.1, 0.15) is 17.7 Å². The maximum atomic E-state index is 13.6. The number of halogens is 7. The molecule has 200 valence electrons. The second-order valence-corrected chi connectivity index (χ2v) is 8.09. The van der Waals surface area contributed by atoms with Crippen LogP contribution in [0.3, 0.4) is 0 Å². The molecule has 1 aliphatic heterocycles. The number of fused-ring (bicyclic) bond motifs is 1. The molecule has 1 saturated heterocycles. The van der Waals surface area contributed by atoms with E-state index in [2.05, 4.69) is 14.7 Å². The van der Waals surface area contributed by atoms with Crippen LogP contribution in [0.5, 0.6) is 0 Å². The van der Waals surface area contributed by atoms with Crippen LogP contribution in [0.25, 0.3) is 11.2 Å². The third kappa shape index (κ3) is 5.83. The molecule has 0 amide bonds. The van der Waals surface area contributed by atoms with E-state index in [0.717, 1.165) is 13.8 Å². The van der Waals surface area contributed by atoms with Crippen molar-refractivity contribution in [2.24, 2.45) is 0 Å². The zero-order chi connectivity index (χ0) is 27.2. The number of nitrogen functional groups attached to an aromatic ring is 1. The van der Waals surface area contributed by atoms with Gasteiger partial charge in [-0.3, -0.25) is 14.2 Å². The van der Waals surface area contributed by atoms with E-state index in [1.807, 2.05) is 0 Å². The Bertz CT molecular complexity index is 1230. The van der Waals surface area contributed by atoms with E-state index in [9.17, 15) is 40.7 Å². The van der Waals surface area contributed by atoms with Crippen LogP contribution in [0.1, 0.15) is 32.9 Å². The molecule has 3 heterocycles. The van der Waals surface area contributed by atoms with Crippen molar-refractivity contribution in [1.82, 2.24) is 19.1 Å². The number of imidazole rings is 1. The van der Waals surface area contributed by atoms with Gasteiger partial charge in [0, 0.05) is 26.8 Å². The molecule has 1 fully saturated rings. The average molecular weight is 550 g/mol. The minimum atomic E-state index is -5.12. The average Bonchev–Trinajstić information content (AvgIpc) is 3.20. The number of ether oxygens (including phenoxy) is 3. The largest absolute Gasteiger partial charge is 0.458 e. The number of carbonyl (C=O) groups is 2. The van der Waals surface area contributed by atoms with Gasteiger partial charge in [-0.1, -0.05) is 11.6 Å². The summed E-state index contributed by atoms with van der Waals surface area (Å²) in [5.41, 5.74) is 3.45. The molecule has 0 aliphatic carbocycles. The number of anilines is 1. The Morgan fingerprint density at radius 1 is 1.19 bits per heavy atom. The fourth-order valence-corrected chi connectivity index (χ4v) is 4.04. The summed E-state index contributed by atoms with van der Waals surface area (Å²) in [6.45, 7) is 0.713. The monoisotopic (exact) mass is 549 g/mol. The van der Waals surface area contributed by atoms with Gasteiger partial charge >= 0.3 is 30.0 Å². The number of aryl methyl sites for hydroxylation is 1. The Kier molecular flexibility index (Phi) is 7.46. The van der Waals surface area contributed by atoms with Gasteiger partial charge in [0.05, 0.1) is 6.42 Å². The third-order valence-corrected chi connectivity index (χ3v) is 5.28. The van der Waals surface area contributed by atoms with Crippen LogP contribution in [0.4, 0.5) is 32.3 Å². The molecule has 1 aliphatic rings. The highest BCUT2D eigenvalue weighted by Gasteiger charge is 2.54. The van der Waals surface area contributed by atoms with Crippen molar-refractivity contribution in [1.29, 1.82) is 0 Å². The number of rotatable bonds is 6. The predicted octanol–water partition coefficient (Wildman–Crippen LogP) is 2.49. The maximum Gasteiger partial charge on any atom is 0.428 e. The van der Waals surface area contributed by atoms with Crippen molar-refractivity contribution in [3.8, 4) is 0 Å². The van der Waals surface area contributed by atoms with Crippen molar-refractivity contribution >= 4 is 40.7 Å². The number of carbonyl (C=O) groups excluding carboxylic acids is 2. The highest BCUT2D eigenvalue weighted by atomic mass is 35.5. The van der Waals surface area contributed by atoms with Crippen LogP contribution in [0, 0.1) is 0 Å². The van der Waals surface area contributed by atoms with Crippen molar-refractivity contribution in [2.45, 2.75) is 70.1 Å². The van der Waals surface area contributed by atoms with Crippen LogP contribution >= 0.6 is 11.6 Å². The van der Waals surface area contributed by atoms with E-state index < -0.39 is 96.2 Å². The van der Waals surface area contributed by atoms with Gasteiger partial charge in [-0.05, 0) is 0 Å². The summed E-state index contributed by atoms with van der Waals surface area (Å²) in [6, 6.07) is 0. The number of hydrogen-bond donors (Lipinski definition) is 1. The lowest BCUT2D eigenvalue weighted by atomic mass is 10.1. The molecule has 0 bridgehead atoms. The normalized spacial score (nSPS) is 21.5. The fourth-order valence-electron chi connectivity index (χ4n) is 3.77. The van der Waals surface area contributed by atoms with Crippen molar-refractivity contribution in [3.05, 3.63) is 15.6 Å². The minimum Gasteiger partial charge on any atom is -0.458 e. The van der Waals surface area contributed by atoms with Gasteiger partial charge in [0.25, 0.3) is 0 Å². The molecule has 36 heavy (non-hydrogen) atoms. The summed E-state index contributed by atoms with van der Waals surface area (Å²) in [5, 5.41) is -0.512. The topological polar surface area (TPSA) is 141 Å². The van der Waals surface area contributed by atoms with E-state index >= 15 is 0 Å². The highest BCUT2D eigenvalue weighted by molar-refractivity contribution is 6.33. The molecule has 4 atom stereocenters. The second kappa shape index (κ2) is 9.76. The maximum absolute atomic E-state index is 13.6. The smallest absolute Gasteiger partial charge is 0.428 e. The molecule has 2 N–H and O–H groups in total. The van der Waals surface area contributed by atoms with Crippen molar-refractivity contribution in [2.75, 3.05) is 5.73 Å². The molecule has 18 heteroatoms. The molecule has 3 rings (SSSR count). The zero-order valence-corrected chi connectivity index (χ0v) is 19.1. The first kappa shape index (κ1) is 27.5. The van der Waals surface area contributed by atoms with Crippen LogP contribution in [0.15, 0.2) is 4.79 Å². The number of esters is 2. The molecule has 0 spiro atoms. The lowest BCUT2D eigenvalue weighted by Gasteiger charge is -2.25. The number of nitrogens with zero attached hydrogens (tertiary/aromatic N) is 4. The quantitative estimate of drug-likeness (QED) is 0.327. The standard InChI is InChI=1S/C18H18ClF6N5O6/c1-6(31)34-9-5-8(11(18(23,24)25)35-7(2)32)36-14(9)30-13-10(12(19)27-15(26)28-13)29(16(30)33)4-3-17(20,21)22/h8-9,11,14H,3-5H2,1-2H3,(H2,26,27,28)/t8-,9+,11+,14+/m0/s1. The van der Waals surface area contributed by atoms with Crippen LogP contribution in [-0.4, -0.2) is 61.7 Å². The van der Waals surface area contributed by atoms with Crippen LogP contribution in [0.2, 0.25) is 5.15 Å². The summed E-state index contributed by atoms with van der Waals surface area (Å²) in [5.74, 6) is -2.77. The predicted molar refractivity (Wildman–Crippen MR) is 108 cm³/mol. The van der Waals surface area contributed by atoms with E-state index in [1.54, 1.807) is 0 Å². The van der Waals surface area contributed by atoms with Crippen molar-refractivity contribution < 1.29 is 50.1 Å². The number of nitrogens with two attached hydrogens (primary N) is 1. The Balaban J connectivity index is 2.17. The molecule has 0 aromatic carbocycles. The molecule has 0 unspecified atom stereocenters. The summed E-state index contributed by atoms with van der Waals surface area (Å²) in [7, 11) is 0. The molecule has 11 nitrogen and oxygen atoms in total. The first-order valence-electron chi connectivity index (χ1n) is 10.1. The highest BCUT2D eigenvalue weighted by Crippen LogP contribution is 2.39.